The predicted octanol–water partition coefficient (Wildman–Crippen LogP) is 4.29. The van der Waals surface area contributed by atoms with E-state index in [4.69, 9.17) is 9.47 Å². The van der Waals surface area contributed by atoms with E-state index in [1.165, 1.54) is 37.4 Å². The molecule has 2 atom stereocenters. The van der Waals surface area contributed by atoms with Gasteiger partial charge in [0.2, 0.25) is 5.91 Å². The Morgan fingerprint density at radius 3 is 2.30 bits per heavy atom. The van der Waals surface area contributed by atoms with E-state index in [1.807, 2.05) is 0 Å². The van der Waals surface area contributed by atoms with E-state index in [0.717, 1.165) is 18.1 Å². The van der Waals surface area contributed by atoms with Crippen LogP contribution in [0.5, 0.6) is 5.75 Å². The summed E-state index contributed by atoms with van der Waals surface area (Å²) >= 11 is 0. The van der Waals surface area contributed by atoms with E-state index in [0.29, 0.717) is 6.07 Å². The Hall–Kier alpha value is -3.21. The number of nitrogens with one attached hydrogen (secondary N) is 1. The predicted molar refractivity (Wildman–Crippen MR) is 123 cm³/mol. The number of hydrogen-bond acceptors (Lipinski definition) is 4. The van der Waals surface area contributed by atoms with Crippen molar-refractivity contribution in [1.29, 1.82) is 0 Å². The Kier molecular flexibility index (Phi) is 7.20. The van der Waals surface area contributed by atoms with E-state index in [2.05, 4.69) is 5.32 Å². The number of ether oxygens (including phenoxy) is 2. The van der Waals surface area contributed by atoms with Gasteiger partial charge < -0.3 is 19.7 Å². The first-order chi connectivity index (χ1) is 17.5. The van der Waals surface area contributed by atoms with Crippen LogP contribution >= 0.6 is 0 Å². The number of alkyl halides is 3. The van der Waals surface area contributed by atoms with Crippen molar-refractivity contribution in [1.82, 2.24) is 10.2 Å². The molecule has 0 radical (unpaired) electrons. The molecule has 1 spiro atoms. The van der Waals surface area contributed by atoms with E-state index in [1.54, 1.807) is 0 Å². The Balaban J connectivity index is 1.67. The zero-order chi connectivity index (χ0) is 27.0. The molecule has 37 heavy (non-hydrogen) atoms. The van der Waals surface area contributed by atoms with Gasteiger partial charge in [-0.1, -0.05) is 30.3 Å². The first kappa shape index (κ1) is 26.8. The number of hydrogen-bond donors (Lipinski definition) is 1. The van der Waals surface area contributed by atoms with Gasteiger partial charge in [0.25, 0.3) is 11.5 Å². The third-order valence-electron chi connectivity index (χ3n) is 7.61. The number of nitrogens with zero attached hydrogens (tertiary/aromatic N) is 1. The number of likely N-dealkylation sites (tertiary alicyclic amines) is 1. The zero-order valence-electron chi connectivity index (χ0n) is 20.3. The summed E-state index contributed by atoms with van der Waals surface area (Å²) in [6.07, 6.45) is -4.77. The highest BCUT2D eigenvalue weighted by atomic mass is 19.4. The lowest BCUT2D eigenvalue weighted by atomic mass is 9.62. The lowest BCUT2D eigenvalue weighted by molar-refractivity contribution is -0.271. The van der Waals surface area contributed by atoms with Crippen LogP contribution in [0.25, 0.3) is 0 Å². The Labute approximate surface area is 210 Å². The second kappa shape index (κ2) is 9.92. The van der Waals surface area contributed by atoms with Gasteiger partial charge in [-0.3, -0.25) is 9.59 Å². The number of carbonyl (C=O) groups is 2. The second-order valence-electron chi connectivity index (χ2n) is 9.45. The molecular weight excluding hydrogens is 499 g/mol. The molecule has 4 rings (SSSR count). The molecule has 1 unspecified atom stereocenters. The van der Waals surface area contributed by atoms with Crippen molar-refractivity contribution in [3.05, 3.63) is 65.2 Å². The minimum absolute atomic E-state index is 0.00559. The fraction of sp³-hybridized carbons (Fsp3) is 0.462. The fourth-order valence-corrected chi connectivity index (χ4v) is 5.74. The SMILES string of the molecule is COc1c(F)cc(F)cc1C1CNC(=O)CC12CCN(C(=O)[C@](OC)(c1ccccc1)C(F)(F)F)CC2. The summed E-state index contributed by atoms with van der Waals surface area (Å²) in [5, 5.41) is 2.71. The summed E-state index contributed by atoms with van der Waals surface area (Å²) < 4.78 is 82.0. The molecule has 0 aromatic heterocycles. The number of halogens is 5. The van der Waals surface area contributed by atoms with Crippen molar-refractivity contribution < 1.29 is 41.0 Å². The van der Waals surface area contributed by atoms with Gasteiger partial charge in [-0.15, -0.1) is 0 Å². The number of carbonyl (C=O) groups excluding carboxylic acids is 2. The van der Waals surface area contributed by atoms with Gasteiger partial charge in [-0.2, -0.15) is 13.2 Å². The third kappa shape index (κ3) is 4.54. The highest BCUT2D eigenvalue weighted by Gasteiger charge is 2.64. The van der Waals surface area contributed by atoms with Crippen molar-refractivity contribution in [3.8, 4) is 5.75 Å². The maximum Gasteiger partial charge on any atom is 0.430 e. The average Bonchev–Trinajstić information content (AvgIpc) is 2.84. The number of benzene rings is 2. The monoisotopic (exact) mass is 526 g/mol. The molecule has 2 fully saturated rings. The molecule has 6 nitrogen and oxygen atoms in total. The number of rotatable bonds is 5. The summed E-state index contributed by atoms with van der Waals surface area (Å²) in [6.45, 7) is -0.131. The number of amides is 2. The molecule has 2 aliphatic rings. The highest BCUT2D eigenvalue weighted by Crippen LogP contribution is 2.52. The van der Waals surface area contributed by atoms with E-state index >= 15 is 0 Å². The van der Waals surface area contributed by atoms with Crippen LogP contribution < -0.4 is 10.1 Å². The lowest BCUT2D eigenvalue weighted by Gasteiger charge is -2.50. The Morgan fingerprint density at radius 1 is 1.08 bits per heavy atom. The zero-order valence-corrected chi connectivity index (χ0v) is 20.3. The van der Waals surface area contributed by atoms with Gasteiger partial charge in [0.15, 0.2) is 11.6 Å². The first-order valence-electron chi connectivity index (χ1n) is 11.8. The van der Waals surface area contributed by atoms with Gasteiger partial charge in [0.05, 0.1) is 7.11 Å². The van der Waals surface area contributed by atoms with E-state index in [9.17, 15) is 31.5 Å². The molecule has 0 aliphatic carbocycles. The van der Waals surface area contributed by atoms with Crippen LogP contribution in [0.1, 0.15) is 36.3 Å². The van der Waals surface area contributed by atoms with Crippen molar-refractivity contribution in [2.75, 3.05) is 33.9 Å². The average molecular weight is 527 g/mol. The van der Waals surface area contributed by atoms with E-state index < -0.39 is 40.7 Å². The Morgan fingerprint density at radius 2 is 1.73 bits per heavy atom. The van der Waals surface area contributed by atoms with Crippen LogP contribution in [0.2, 0.25) is 0 Å². The minimum atomic E-state index is -5.05. The molecular formula is C26H27F5N2O4. The molecule has 2 heterocycles. The molecule has 2 aliphatic heterocycles. The quantitative estimate of drug-likeness (QED) is 0.591. The van der Waals surface area contributed by atoms with Crippen LogP contribution in [0, 0.1) is 17.0 Å². The van der Waals surface area contributed by atoms with Gasteiger partial charge in [-0.05, 0) is 24.3 Å². The van der Waals surface area contributed by atoms with Crippen molar-refractivity contribution in [3.63, 3.8) is 0 Å². The number of methoxy groups -OCH3 is 2. The van der Waals surface area contributed by atoms with Crippen LogP contribution in [-0.4, -0.2) is 56.7 Å². The normalized spacial score (nSPS) is 21.3. The molecule has 200 valence electrons. The van der Waals surface area contributed by atoms with Gasteiger partial charge in [-0.25, -0.2) is 8.78 Å². The van der Waals surface area contributed by atoms with Crippen LogP contribution in [-0.2, 0) is 19.9 Å². The van der Waals surface area contributed by atoms with Crippen LogP contribution in [0.4, 0.5) is 22.0 Å². The third-order valence-corrected chi connectivity index (χ3v) is 7.61. The molecule has 1 N–H and O–H groups in total. The molecule has 0 saturated carbocycles. The minimum Gasteiger partial charge on any atom is -0.493 e. The molecule has 0 bridgehead atoms. The van der Waals surface area contributed by atoms with Crippen LogP contribution in [0.15, 0.2) is 42.5 Å². The fourth-order valence-electron chi connectivity index (χ4n) is 5.74. The van der Waals surface area contributed by atoms with Gasteiger partial charge >= 0.3 is 6.18 Å². The summed E-state index contributed by atoms with van der Waals surface area (Å²) in [6, 6.07) is 8.54. The van der Waals surface area contributed by atoms with Crippen LogP contribution in [0.3, 0.4) is 0 Å². The van der Waals surface area contributed by atoms with E-state index in [-0.39, 0.29) is 61.7 Å². The Bertz CT molecular complexity index is 1170. The standard InChI is InChI=1S/C26H27F5N2O4/c1-36-22-18(12-17(27)13-20(22)28)19-15-32-21(34)14-24(19)8-10-33(11-9-24)23(35)25(37-2,26(29,30)31)16-6-4-3-5-7-16/h3-7,12-13,19H,8-11,14-15H2,1-2H3,(H,32,34)/t19?,25-/m1/s1. The topological polar surface area (TPSA) is 67.9 Å². The largest absolute Gasteiger partial charge is 0.493 e. The summed E-state index contributed by atoms with van der Waals surface area (Å²) in [7, 11) is 2.09. The van der Waals surface area contributed by atoms with Gasteiger partial charge in [0, 0.05) is 56.3 Å². The second-order valence-corrected chi connectivity index (χ2v) is 9.45. The molecule has 2 saturated heterocycles. The maximum absolute atomic E-state index is 14.5. The smallest absolute Gasteiger partial charge is 0.430 e. The molecule has 2 aromatic rings. The maximum atomic E-state index is 14.5. The van der Waals surface area contributed by atoms with Gasteiger partial charge in [0.1, 0.15) is 5.82 Å². The van der Waals surface area contributed by atoms with Crippen molar-refractivity contribution in [2.24, 2.45) is 5.41 Å². The summed E-state index contributed by atoms with van der Waals surface area (Å²) in [5.41, 5.74) is -4.15. The first-order valence-corrected chi connectivity index (χ1v) is 11.8. The van der Waals surface area contributed by atoms with Crippen molar-refractivity contribution in [2.45, 2.75) is 37.0 Å². The molecule has 2 amide bonds. The highest BCUT2D eigenvalue weighted by molar-refractivity contribution is 5.88. The summed E-state index contributed by atoms with van der Waals surface area (Å²) in [5.74, 6) is -3.97. The molecule has 11 heteroatoms. The molecule has 2 aromatic carbocycles. The lowest BCUT2D eigenvalue weighted by Crippen LogP contribution is -2.60. The summed E-state index contributed by atoms with van der Waals surface area (Å²) in [4.78, 5) is 26.9. The number of piperidine rings is 2. The van der Waals surface area contributed by atoms with Crippen molar-refractivity contribution >= 4 is 11.8 Å².